The molecule has 2 aromatic rings. The summed E-state index contributed by atoms with van der Waals surface area (Å²) in [5.41, 5.74) is 2.32. The number of rotatable bonds is 5. The van der Waals surface area contributed by atoms with E-state index in [1.165, 1.54) is 11.8 Å². The van der Waals surface area contributed by atoms with Gasteiger partial charge in [0.2, 0.25) is 0 Å². The summed E-state index contributed by atoms with van der Waals surface area (Å²) in [5, 5.41) is 4.08. The van der Waals surface area contributed by atoms with Crippen LogP contribution >= 0.6 is 0 Å². The van der Waals surface area contributed by atoms with Crippen LogP contribution in [0, 0.1) is 6.92 Å². The Bertz CT molecular complexity index is 588. The third-order valence-corrected chi connectivity index (χ3v) is 2.95. The van der Waals surface area contributed by atoms with Crippen LogP contribution in [0.2, 0.25) is 0 Å². The average Bonchev–Trinajstić information content (AvgIpc) is 2.80. The third-order valence-electron chi connectivity index (χ3n) is 2.95. The van der Waals surface area contributed by atoms with Gasteiger partial charge in [-0.05, 0) is 26.0 Å². The van der Waals surface area contributed by atoms with Gasteiger partial charge in [-0.15, -0.1) is 0 Å². The maximum Gasteiger partial charge on any atom is 0.341 e. The first-order valence-electron chi connectivity index (χ1n) is 6.49. The van der Waals surface area contributed by atoms with Crippen molar-refractivity contribution in [1.82, 2.24) is 9.78 Å². The van der Waals surface area contributed by atoms with Crippen molar-refractivity contribution in [2.24, 2.45) is 7.05 Å². The van der Waals surface area contributed by atoms with Crippen molar-refractivity contribution in [3.05, 3.63) is 47.3 Å². The Hall–Kier alpha value is -2.30. The Kier molecular flexibility index (Phi) is 4.40. The number of carbonyl (C=O) groups is 1. The van der Waals surface area contributed by atoms with Crippen LogP contribution in [0.4, 0.5) is 0 Å². The highest BCUT2D eigenvalue weighted by Crippen LogP contribution is 2.16. The van der Waals surface area contributed by atoms with Crippen molar-refractivity contribution in [1.29, 1.82) is 0 Å². The first-order chi connectivity index (χ1) is 9.61. The molecular weight excluding hydrogens is 256 g/mol. The summed E-state index contributed by atoms with van der Waals surface area (Å²) in [6, 6.07) is 7.75. The molecule has 0 saturated heterocycles. The van der Waals surface area contributed by atoms with Gasteiger partial charge in [0, 0.05) is 7.05 Å². The van der Waals surface area contributed by atoms with Crippen molar-refractivity contribution in [2.45, 2.75) is 20.5 Å². The molecule has 0 aliphatic heterocycles. The Morgan fingerprint density at radius 2 is 2.00 bits per heavy atom. The van der Waals surface area contributed by atoms with Gasteiger partial charge >= 0.3 is 5.97 Å². The molecule has 0 amide bonds. The fraction of sp³-hybridized carbons (Fsp3) is 0.333. The molecule has 0 atom stereocenters. The molecular formula is C15H18N2O3. The van der Waals surface area contributed by atoms with Crippen LogP contribution < -0.4 is 4.74 Å². The molecule has 0 unspecified atom stereocenters. The molecule has 0 saturated carbocycles. The lowest BCUT2D eigenvalue weighted by Gasteiger charge is -2.09. The normalized spacial score (nSPS) is 10.3. The fourth-order valence-electron chi connectivity index (χ4n) is 1.80. The standard InChI is InChI=1S/C15H18N2O3/c1-4-19-15(18)13-9-16-17(3)14(13)10-20-12-7-5-11(2)6-8-12/h5-9H,4,10H2,1-3H3. The van der Waals surface area contributed by atoms with E-state index in [1.54, 1.807) is 18.7 Å². The van der Waals surface area contributed by atoms with Gasteiger partial charge in [0.25, 0.3) is 0 Å². The van der Waals surface area contributed by atoms with E-state index in [9.17, 15) is 4.79 Å². The molecule has 0 aliphatic carbocycles. The summed E-state index contributed by atoms with van der Waals surface area (Å²) >= 11 is 0. The SMILES string of the molecule is CCOC(=O)c1cnn(C)c1COc1ccc(C)cc1. The van der Waals surface area contributed by atoms with E-state index in [0.29, 0.717) is 17.9 Å². The second-order valence-electron chi connectivity index (χ2n) is 4.45. The number of esters is 1. The number of ether oxygens (including phenoxy) is 2. The lowest BCUT2D eigenvalue weighted by Crippen LogP contribution is -2.11. The van der Waals surface area contributed by atoms with Gasteiger partial charge in [-0.2, -0.15) is 5.10 Å². The van der Waals surface area contributed by atoms with E-state index in [4.69, 9.17) is 9.47 Å². The minimum atomic E-state index is -0.372. The van der Waals surface area contributed by atoms with Crippen LogP contribution in [-0.4, -0.2) is 22.4 Å². The number of hydrogen-bond acceptors (Lipinski definition) is 4. The Balaban J connectivity index is 2.11. The number of carbonyl (C=O) groups excluding carboxylic acids is 1. The lowest BCUT2D eigenvalue weighted by molar-refractivity contribution is 0.0523. The zero-order valence-electron chi connectivity index (χ0n) is 11.9. The molecule has 0 bridgehead atoms. The van der Waals surface area contributed by atoms with Crippen molar-refractivity contribution >= 4 is 5.97 Å². The Morgan fingerprint density at radius 1 is 1.30 bits per heavy atom. The number of nitrogens with zero attached hydrogens (tertiary/aromatic N) is 2. The first-order valence-corrected chi connectivity index (χ1v) is 6.49. The minimum absolute atomic E-state index is 0.272. The van der Waals surface area contributed by atoms with E-state index in [0.717, 1.165) is 5.75 Å². The second kappa shape index (κ2) is 6.23. The zero-order chi connectivity index (χ0) is 14.5. The minimum Gasteiger partial charge on any atom is -0.487 e. The van der Waals surface area contributed by atoms with Gasteiger partial charge in [0.1, 0.15) is 17.9 Å². The third kappa shape index (κ3) is 3.17. The Labute approximate surface area is 118 Å². The molecule has 5 nitrogen and oxygen atoms in total. The van der Waals surface area contributed by atoms with Crippen LogP contribution in [0.3, 0.4) is 0 Å². The summed E-state index contributed by atoms with van der Waals surface area (Å²) in [7, 11) is 1.77. The quantitative estimate of drug-likeness (QED) is 0.786. The maximum atomic E-state index is 11.8. The highest BCUT2D eigenvalue weighted by molar-refractivity contribution is 5.90. The van der Waals surface area contributed by atoms with Crippen molar-refractivity contribution in [2.75, 3.05) is 6.61 Å². The second-order valence-corrected chi connectivity index (χ2v) is 4.45. The molecule has 0 spiro atoms. The van der Waals surface area contributed by atoms with Crippen molar-refractivity contribution < 1.29 is 14.3 Å². The van der Waals surface area contributed by atoms with Gasteiger partial charge < -0.3 is 9.47 Å². The highest BCUT2D eigenvalue weighted by Gasteiger charge is 2.17. The molecule has 1 aromatic carbocycles. The summed E-state index contributed by atoms with van der Waals surface area (Å²) < 4.78 is 12.3. The molecule has 5 heteroatoms. The first kappa shape index (κ1) is 14.1. The van der Waals surface area contributed by atoms with Gasteiger partial charge in [0.15, 0.2) is 0 Å². The molecule has 2 rings (SSSR count). The molecule has 0 fully saturated rings. The number of hydrogen-bond donors (Lipinski definition) is 0. The van der Waals surface area contributed by atoms with Crippen LogP contribution in [0.5, 0.6) is 5.75 Å². The summed E-state index contributed by atoms with van der Waals surface area (Å²) in [4.78, 5) is 11.8. The molecule has 0 radical (unpaired) electrons. The number of aromatic nitrogens is 2. The molecule has 1 heterocycles. The summed E-state index contributed by atoms with van der Waals surface area (Å²) in [6.45, 7) is 4.40. The molecule has 1 aromatic heterocycles. The predicted octanol–water partition coefficient (Wildman–Crippen LogP) is 2.48. The maximum absolute atomic E-state index is 11.8. The van der Waals surface area contributed by atoms with E-state index in [2.05, 4.69) is 5.10 Å². The number of aryl methyl sites for hydroxylation is 2. The van der Waals surface area contributed by atoms with Gasteiger partial charge in [-0.1, -0.05) is 17.7 Å². The van der Waals surface area contributed by atoms with E-state index in [-0.39, 0.29) is 12.6 Å². The smallest absolute Gasteiger partial charge is 0.341 e. The lowest BCUT2D eigenvalue weighted by atomic mass is 10.2. The van der Waals surface area contributed by atoms with Crippen LogP contribution in [0.25, 0.3) is 0 Å². The van der Waals surface area contributed by atoms with Crippen LogP contribution in [0.1, 0.15) is 28.5 Å². The summed E-state index contributed by atoms with van der Waals surface area (Å²) in [6.07, 6.45) is 1.51. The van der Waals surface area contributed by atoms with Crippen LogP contribution in [0.15, 0.2) is 30.5 Å². The number of benzene rings is 1. The largest absolute Gasteiger partial charge is 0.487 e. The molecule has 0 N–H and O–H groups in total. The van der Waals surface area contributed by atoms with Gasteiger partial charge in [-0.25, -0.2) is 4.79 Å². The van der Waals surface area contributed by atoms with Gasteiger partial charge in [-0.3, -0.25) is 4.68 Å². The molecule has 20 heavy (non-hydrogen) atoms. The molecule has 0 aliphatic rings. The average molecular weight is 274 g/mol. The topological polar surface area (TPSA) is 53.3 Å². The fourth-order valence-corrected chi connectivity index (χ4v) is 1.80. The van der Waals surface area contributed by atoms with E-state index >= 15 is 0 Å². The monoisotopic (exact) mass is 274 g/mol. The Morgan fingerprint density at radius 3 is 2.65 bits per heavy atom. The van der Waals surface area contributed by atoms with E-state index in [1.807, 2.05) is 31.2 Å². The summed E-state index contributed by atoms with van der Waals surface area (Å²) in [5.74, 6) is 0.384. The van der Waals surface area contributed by atoms with E-state index < -0.39 is 0 Å². The van der Waals surface area contributed by atoms with Crippen LogP contribution in [-0.2, 0) is 18.4 Å². The highest BCUT2D eigenvalue weighted by atomic mass is 16.5. The van der Waals surface area contributed by atoms with Crippen molar-refractivity contribution in [3.8, 4) is 5.75 Å². The predicted molar refractivity (Wildman–Crippen MR) is 74.7 cm³/mol. The van der Waals surface area contributed by atoms with Crippen molar-refractivity contribution in [3.63, 3.8) is 0 Å². The molecule has 106 valence electrons. The van der Waals surface area contributed by atoms with Gasteiger partial charge in [0.05, 0.1) is 18.5 Å². The zero-order valence-corrected chi connectivity index (χ0v) is 11.9.